The van der Waals surface area contributed by atoms with Crippen LogP contribution in [0.2, 0.25) is 0 Å². The summed E-state index contributed by atoms with van der Waals surface area (Å²) in [6, 6.07) is 0. The Morgan fingerprint density at radius 3 is 1.91 bits per heavy atom. The molecule has 0 unspecified atom stereocenters. The average Bonchev–Trinajstić information content (AvgIpc) is 1.51. The van der Waals surface area contributed by atoms with E-state index in [9.17, 15) is 9.59 Å². The van der Waals surface area contributed by atoms with Gasteiger partial charge in [-0.3, -0.25) is 9.59 Å². The van der Waals surface area contributed by atoms with Crippen molar-refractivity contribution in [2.75, 3.05) is 0 Å². The number of amides is 1. The van der Waals surface area contributed by atoms with Gasteiger partial charge in [-0.15, -0.1) is 0 Å². The van der Waals surface area contributed by atoms with Gasteiger partial charge in [0.1, 0.15) is 5.78 Å². The Morgan fingerprint density at radius 1 is 1.18 bits per heavy atom. The number of ketones is 1. The molecule has 0 aliphatic heterocycles. The highest BCUT2D eigenvalue weighted by atomic mass is 16.2. The predicted molar refractivity (Wildman–Crippen MR) is 38.6 cm³/mol. The maximum absolute atomic E-state index is 11.0. The number of rotatable bonds is 2. The van der Waals surface area contributed by atoms with E-state index in [0.717, 1.165) is 0 Å². The Balaban J connectivity index is 2.10. The normalized spacial score (nSPS) is 45.5. The zero-order chi connectivity index (χ0) is 8.28. The van der Waals surface area contributed by atoms with Crippen molar-refractivity contribution in [3.05, 3.63) is 0 Å². The smallest absolute Gasteiger partial charge is 0.223 e. The van der Waals surface area contributed by atoms with Gasteiger partial charge in [0.15, 0.2) is 0 Å². The lowest BCUT2D eigenvalue weighted by Gasteiger charge is -2.67. The van der Waals surface area contributed by atoms with E-state index in [0.29, 0.717) is 19.3 Å². The van der Waals surface area contributed by atoms with Gasteiger partial charge in [0.25, 0.3) is 0 Å². The van der Waals surface area contributed by atoms with Crippen LogP contribution in [0.4, 0.5) is 0 Å². The summed E-state index contributed by atoms with van der Waals surface area (Å²) in [5, 5.41) is 0. The van der Waals surface area contributed by atoms with E-state index < -0.39 is 0 Å². The first-order valence-corrected chi connectivity index (χ1v) is 3.82. The molecule has 0 spiro atoms. The number of carbonyl (C=O) groups is 2. The van der Waals surface area contributed by atoms with Crippen LogP contribution in [0, 0.1) is 10.8 Å². The molecule has 3 heteroatoms. The molecule has 2 bridgehead atoms. The van der Waals surface area contributed by atoms with Crippen LogP contribution >= 0.6 is 0 Å². The third kappa shape index (κ3) is 0.549. The van der Waals surface area contributed by atoms with Crippen molar-refractivity contribution >= 4 is 11.7 Å². The van der Waals surface area contributed by atoms with E-state index in [1.165, 1.54) is 0 Å². The van der Waals surface area contributed by atoms with Crippen LogP contribution in [-0.2, 0) is 9.59 Å². The second-order valence-corrected chi connectivity index (χ2v) is 4.01. The fraction of sp³-hybridized carbons (Fsp3) is 0.750. The largest absolute Gasteiger partial charge is 0.369 e. The van der Waals surface area contributed by atoms with Gasteiger partial charge in [0.2, 0.25) is 5.91 Å². The molecule has 2 N–H and O–H groups in total. The molecule has 3 fully saturated rings. The molecular formula is C8H11NO2. The van der Waals surface area contributed by atoms with E-state index in [1.807, 2.05) is 0 Å². The molecule has 3 aliphatic rings. The lowest BCUT2D eigenvalue weighted by molar-refractivity contribution is -0.203. The highest BCUT2D eigenvalue weighted by Gasteiger charge is 2.72. The maximum Gasteiger partial charge on any atom is 0.223 e. The zero-order valence-corrected chi connectivity index (χ0v) is 6.52. The predicted octanol–water partition coefficient (Wildman–Crippen LogP) is 0.231. The van der Waals surface area contributed by atoms with Crippen LogP contribution in [0.25, 0.3) is 0 Å². The summed E-state index contributed by atoms with van der Waals surface area (Å²) in [6.07, 6.45) is 2.14. The van der Waals surface area contributed by atoms with Crippen molar-refractivity contribution in [2.45, 2.75) is 26.2 Å². The summed E-state index contributed by atoms with van der Waals surface area (Å²) in [4.78, 5) is 21.8. The summed E-state index contributed by atoms with van der Waals surface area (Å²) in [6.45, 7) is 1.60. The van der Waals surface area contributed by atoms with Crippen LogP contribution in [0.3, 0.4) is 0 Å². The Morgan fingerprint density at radius 2 is 1.64 bits per heavy atom. The number of primary amides is 1. The molecule has 3 aliphatic carbocycles. The third-order valence-electron chi connectivity index (χ3n) is 3.30. The van der Waals surface area contributed by atoms with Crippen molar-refractivity contribution in [3.8, 4) is 0 Å². The van der Waals surface area contributed by atoms with Crippen LogP contribution < -0.4 is 5.73 Å². The summed E-state index contributed by atoms with van der Waals surface area (Å²) in [5.41, 5.74) is 4.78. The van der Waals surface area contributed by atoms with E-state index in [2.05, 4.69) is 0 Å². The SMILES string of the molecule is CC(=O)C12CC(C(N)=O)(C1)C2. The van der Waals surface area contributed by atoms with Gasteiger partial charge in [0.05, 0.1) is 5.41 Å². The third-order valence-corrected chi connectivity index (χ3v) is 3.30. The van der Waals surface area contributed by atoms with Gasteiger partial charge in [-0.25, -0.2) is 0 Å². The molecule has 3 saturated carbocycles. The van der Waals surface area contributed by atoms with Gasteiger partial charge in [-0.1, -0.05) is 0 Å². The van der Waals surface area contributed by atoms with E-state index >= 15 is 0 Å². The van der Waals surface area contributed by atoms with Crippen LogP contribution in [-0.4, -0.2) is 11.7 Å². The fourth-order valence-electron chi connectivity index (χ4n) is 2.42. The van der Waals surface area contributed by atoms with Crippen LogP contribution in [0.15, 0.2) is 0 Å². The van der Waals surface area contributed by atoms with Gasteiger partial charge in [-0.2, -0.15) is 0 Å². The number of hydrogen-bond acceptors (Lipinski definition) is 2. The molecule has 0 aromatic carbocycles. The number of nitrogens with two attached hydrogens (primary N) is 1. The van der Waals surface area contributed by atoms with Gasteiger partial charge in [0, 0.05) is 5.41 Å². The molecule has 0 aromatic rings. The van der Waals surface area contributed by atoms with E-state index in [4.69, 9.17) is 5.73 Å². The highest BCUT2D eigenvalue weighted by Crippen LogP contribution is 2.73. The maximum atomic E-state index is 11.0. The molecule has 3 rings (SSSR count). The molecular weight excluding hydrogens is 142 g/mol. The number of Topliss-reactive ketones (excluding diaryl/α,β-unsaturated/α-hetero) is 1. The quantitative estimate of drug-likeness (QED) is 0.617. The second kappa shape index (κ2) is 1.49. The number of carbonyl (C=O) groups excluding carboxylic acids is 2. The highest BCUT2D eigenvalue weighted by molar-refractivity contribution is 5.95. The van der Waals surface area contributed by atoms with Crippen LogP contribution in [0.1, 0.15) is 26.2 Å². The summed E-state index contributed by atoms with van der Waals surface area (Å²) in [7, 11) is 0. The van der Waals surface area contributed by atoms with Crippen molar-refractivity contribution in [1.29, 1.82) is 0 Å². The number of hydrogen-bond donors (Lipinski definition) is 1. The lowest BCUT2D eigenvalue weighted by atomic mass is 9.34. The van der Waals surface area contributed by atoms with Crippen molar-refractivity contribution in [1.82, 2.24) is 0 Å². The summed E-state index contributed by atoms with van der Waals surface area (Å²) < 4.78 is 0. The molecule has 0 aromatic heterocycles. The molecule has 11 heavy (non-hydrogen) atoms. The van der Waals surface area contributed by atoms with Gasteiger partial charge < -0.3 is 5.73 Å². The Bertz CT molecular complexity index is 213. The fourth-order valence-corrected chi connectivity index (χ4v) is 2.42. The van der Waals surface area contributed by atoms with E-state index in [1.54, 1.807) is 6.92 Å². The first-order valence-electron chi connectivity index (χ1n) is 3.82. The molecule has 60 valence electrons. The second-order valence-electron chi connectivity index (χ2n) is 4.01. The monoisotopic (exact) mass is 153 g/mol. The minimum atomic E-state index is -0.272. The Labute approximate surface area is 64.9 Å². The van der Waals surface area contributed by atoms with Gasteiger partial charge >= 0.3 is 0 Å². The van der Waals surface area contributed by atoms with Crippen molar-refractivity contribution < 1.29 is 9.59 Å². The molecule has 0 radical (unpaired) electrons. The first-order chi connectivity index (χ1) is 5.01. The standard InChI is InChI=1S/C8H11NO2/c1-5(10)7-2-8(3-7,4-7)6(9)11/h2-4H2,1H3,(H2,9,11). The molecule has 3 nitrogen and oxygen atoms in total. The lowest BCUT2D eigenvalue weighted by Crippen LogP contribution is -2.69. The van der Waals surface area contributed by atoms with Crippen molar-refractivity contribution in [2.24, 2.45) is 16.6 Å². The minimum Gasteiger partial charge on any atom is -0.369 e. The molecule has 0 saturated heterocycles. The van der Waals surface area contributed by atoms with Crippen LogP contribution in [0.5, 0.6) is 0 Å². The Kier molecular flexibility index (Phi) is 0.926. The minimum absolute atomic E-state index is 0.130. The van der Waals surface area contributed by atoms with Crippen molar-refractivity contribution in [3.63, 3.8) is 0 Å². The van der Waals surface area contributed by atoms with E-state index in [-0.39, 0.29) is 22.5 Å². The molecule has 0 atom stereocenters. The first kappa shape index (κ1) is 6.83. The Hall–Kier alpha value is -0.860. The topological polar surface area (TPSA) is 60.2 Å². The molecule has 1 amide bonds. The average molecular weight is 153 g/mol. The van der Waals surface area contributed by atoms with Gasteiger partial charge in [-0.05, 0) is 26.2 Å². The zero-order valence-electron chi connectivity index (χ0n) is 6.52. The summed E-state index contributed by atoms with van der Waals surface area (Å²) >= 11 is 0. The summed E-state index contributed by atoms with van der Waals surface area (Å²) in [5.74, 6) is 0.00116. The molecule has 0 heterocycles.